The summed E-state index contributed by atoms with van der Waals surface area (Å²) in [6.45, 7) is 0.855. The van der Waals surface area contributed by atoms with Crippen LogP contribution in [0.1, 0.15) is 24.1 Å². The van der Waals surface area contributed by atoms with Gasteiger partial charge in [-0.15, -0.1) is 0 Å². The number of hydrogen-bond acceptors (Lipinski definition) is 5. The lowest BCUT2D eigenvalue weighted by molar-refractivity contribution is 0.180. The second kappa shape index (κ2) is 10.6. The highest BCUT2D eigenvalue weighted by molar-refractivity contribution is 7.90. The Morgan fingerprint density at radius 1 is 1.21 bits per heavy atom. The quantitative estimate of drug-likeness (QED) is 0.444. The SMILES string of the molecule is COCCn1c(CN(C(=O)Nc2cccc(Cl)c2)C2CC2)cnc1S(=O)(=O)Cc1ccccc1. The number of aromatic nitrogens is 2. The van der Waals surface area contributed by atoms with Crippen LogP contribution in [0.3, 0.4) is 0 Å². The molecule has 0 aliphatic heterocycles. The summed E-state index contributed by atoms with van der Waals surface area (Å²) in [5, 5.41) is 3.40. The maximum absolute atomic E-state index is 13.2. The molecule has 1 aliphatic rings. The summed E-state index contributed by atoms with van der Waals surface area (Å²) in [5.41, 5.74) is 1.92. The summed E-state index contributed by atoms with van der Waals surface area (Å²) < 4.78 is 33.3. The van der Waals surface area contributed by atoms with Crippen LogP contribution < -0.4 is 5.32 Å². The molecule has 34 heavy (non-hydrogen) atoms. The zero-order valence-electron chi connectivity index (χ0n) is 18.9. The lowest BCUT2D eigenvalue weighted by atomic mass is 10.2. The molecule has 8 nitrogen and oxygen atoms in total. The van der Waals surface area contributed by atoms with Gasteiger partial charge in [-0.3, -0.25) is 0 Å². The Labute approximate surface area is 204 Å². The number of ether oxygens (including phenoxy) is 1. The molecule has 1 heterocycles. The fourth-order valence-electron chi connectivity index (χ4n) is 3.74. The van der Waals surface area contributed by atoms with E-state index in [9.17, 15) is 13.2 Å². The van der Waals surface area contributed by atoms with Gasteiger partial charge in [0.15, 0.2) is 0 Å². The average Bonchev–Trinajstić information content (AvgIpc) is 3.56. The molecule has 1 N–H and O–H groups in total. The number of hydrogen-bond donors (Lipinski definition) is 1. The van der Waals surface area contributed by atoms with Crippen LogP contribution >= 0.6 is 11.6 Å². The number of sulfone groups is 1. The first kappa shape index (κ1) is 24.3. The molecule has 3 aromatic rings. The first-order chi connectivity index (χ1) is 16.4. The molecule has 0 bridgehead atoms. The van der Waals surface area contributed by atoms with Crippen molar-refractivity contribution in [1.82, 2.24) is 14.5 Å². The van der Waals surface area contributed by atoms with Crippen molar-refractivity contribution >= 4 is 33.2 Å². The van der Waals surface area contributed by atoms with Gasteiger partial charge in [0.1, 0.15) is 0 Å². The highest BCUT2D eigenvalue weighted by atomic mass is 35.5. The second-order valence-corrected chi connectivity index (χ2v) is 10.5. The zero-order chi connectivity index (χ0) is 24.1. The molecule has 1 fully saturated rings. The molecular formula is C24H27ClN4O4S. The number of imidazole rings is 1. The van der Waals surface area contributed by atoms with Crippen molar-refractivity contribution in [2.45, 2.75) is 42.9 Å². The Hall–Kier alpha value is -2.88. The van der Waals surface area contributed by atoms with E-state index in [1.807, 2.05) is 6.07 Å². The summed E-state index contributed by atoms with van der Waals surface area (Å²) in [4.78, 5) is 19.1. The molecule has 1 saturated carbocycles. The lowest BCUT2D eigenvalue weighted by Gasteiger charge is -2.24. The second-order valence-electron chi connectivity index (χ2n) is 8.22. The van der Waals surface area contributed by atoms with Gasteiger partial charge >= 0.3 is 6.03 Å². The van der Waals surface area contributed by atoms with Crippen LogP contribution in [-0.4, -0.2) is 48.7 Å². The molecule has 10 heteroatoms. The molecule has 0 radical (unpaired) electrons. The standard InChI is InChI=1S/C24H27ClN4O4S/c1-33-13-12-28-22(15-26-24(28)34(31,32)17-18-6-3-2-4-7-18)16-29(21-10-11-21)23(30)27-20-9-5-8-19(25)14-20/h2-9,14-15,21H,10-13,16-17H2,1H3,(H,27,30). The predicted molar refractivity (Wildman–Crippen MR) is 130 cm³/mol. The Morgan fingerprint density at radius 3 is 2.65 bits per heavy atom. The maximum Gasteiger partial charge on any atom is 0.322 e. The van der Waals surface area contributed by atoms with Crippen molar-refractivity contribution in [3.63, 3.8) is 0 Å². The Bertz CT molecular complexity index is 1240. The fourth-order valence-corrected chi connectivity index (χ4v) is 5.44. The lowest BCUT2D eigenvalue weighted by Crippen LogP contribution is -2.37. The number of anilines is 1. The number of amides is 2. The molecule has 0 spiro atoms. The third kappa shape index (κ3) is 5.97. The van der Waals surface area contributed by atoms with Crippen molar-refractivity contribution < 1.29 is 17.9 Å². The van der Waals surface area contributed by atoms with E-state index in [1.165, 1.54) is 6.20 Å². The number of rotatable bonds is 10. The molecule has 180 valence electrons. The minimum Gasteiger partial charge on any atom is -0.383 e. The molecule has 0 unspecified atom stereocenters. The number of nitrogens with one attached hydrogen (secondary N) is 1. The monoisotopic (exact) mass is 502 g/mol. The third-order valence-electron chi connectivity index (χ3n) is 5.56. The summed E-state index contributed by atoms with van der Waals surface area (Å²) in [7, 11) is -2.15. The Balaban J connectivity index is 1.58. The molecule has 2 aromatic carbocycles. The minimum atomic E-state index is -3.70. The highest BCUT2D eigenvalue weighted by Gasteiger charge is 2.34. The van der Waals surface area contributed by atoms with Gasteiger partial charge in [0, 0.05) is 30.4 Å². The molecule has 0 atom stereocenters. The summed E-state index contributed by atoms with van der Waals surface area (Å²) in [6.07, 6.45) is 3.33. The van der Waals surface area contributed by atoms with E-state index >= 15 is 0 Å². The normalized spacial score (nSPS) is 13.6. The summed E-state index contributed by atoms with van der Waals surface area (Å²) in [6, 6.07) is 15.8. The molecule has 4 rings (SSSR count). The Kier molecular flexibility index (Phi) is 7.55. The van der Waals surface area contributed by atoms with Gasteiger partial charge in [0.2, 0.25) is 15.0 Å². The first-order valence-electron chi connectivity index (χ1n) is 11.0. The molecule has 1 aliphatic carbocycles. The number of methoxy groups -OCH3 is 1. The van der Waals surface area contributed by atoms with E-state index in [0.717, 1.165) is 12.8 Å². The van der Waals surface area contributed by atoms with Gasteiger partial charge in [-0.2, -0.15) is 0 Å². The third-order valence-corrected chi connectivity index (χ3v) is 7.39. The van der Waals surface area contributed by atoms with Crippen LogP contribution in [0.4, 0.5) is 10.5 Å². The number of nitrogens with zero attached hydrogens (tertiary/aromatic N) is 3. The number of carbonyl (C=O) groups excluding carboxylic acids is 1. The number of benzene rings is 2. The van der Waals surface area contributed by atoms with Crippen molar-refractivity contribution in [2.24, 2.45) is 0 Å². The zero-order valence-corrected chi connectivity index (χ0v) is 20.4. The van der Waals surface area contributed by atoms with Crippen LogP contribution in [0, 0.1) is 0 Å². The van der Waals surface area contributed by atoms with E-state index in [0.29, 0.717) is 35.1 Å². The van der Waals surface area contributed by atoms with E-state index < -0.39 is 9.84 Å². The van der Waals surface area contributed by atoms with Gasteiger partial charge in [-0.1, -0.05) is 48.0 Å². The molecule has 0 saturated heterocycles. The maximum atomic E-state index is 13.2. The van der Waals surface area contributed by atoms with Crippen molar-refractivity contribution in [3.8, 4) is 0 Å². The average molecular weight is 503 g/mol. The summed E-state index contributed by atoms with van der Waals surface area (Å²) >= 11 is 6.04. The number of halogens is 1. The molecule has 1 aromatic heterocycles. The predicted octanol–water partition coefficient (Wildman–Crippen LogP) is 4.35. The highest BCUT2D eigenvalue weighted by Crippen LogP contribution is 2.30. The Morgan fingerprint density at radius 2 is 1.97 bits per heavy atom. The first-order valence-corrected chi connectivity index (χ1v) is 13.0. The van der Waals surface area contributed by atoms with Gasteiger partial charge in [-0.05, 0) is 36.6 Å². The molecular weight excluding hydrogens is 476 g/mol. The van der Waals surface area contributed by atoms with Crippen molar-refractivity contribution in [1.29, 1.82) is 0 Å². The van der Waals surface area contributed by atoms with Gasteiger partial charge in [-0.25, -0.2) is 18.2 Å². The topological polar surface area (TPSA) is 93.5 Å². The van der Waals surface area contributed by atoms with Crippen molar-refractivity contribution in [2.75, 3.05) is 19.0 Å². The van der Waals surface area contributed by atoms with Crippen LogP contribution in [0.2, 0.25) is 5.02 Å². The van der Waals surface area contributed by atoms with Gasteiger partial charge < -0.3 is 19.5 Å². The molecule has 2 amide bonds. The van der Waals surface area contributed by atoms with Crippen molar-refractivity contribution in [3.05, 3.63) is 77.1 Å². The number of urea groups is 1. The van der Waals surface area contributed by atoms with E-state index in [4.69, 9.17) is 16.3 Å². The minimum absolute atomic E-state index is 0.0191. The van der Waals surface area contributed by atoms with E-state index in [2.05, 4.69) is 10.3 Å². The fraction of sp³-hybridized carbons (Fsp3) is 0.333. The van der Waals surface area contributed by atoms with Crippen LogP contribution in [0.5, 0.6) is 0 Å². The van der Waals surface area contributed by atoms with E-state index in [1.54, 1.807) is 65.1 Å². The summed E-state index contributed by atoms with van der Waals surface area (Å²) in [5.74, 6) is -0.154. The van der Waals surface area contributed by atoms with Crippen LogP contribution in [-0.2, 0) is 33.4 Å². The van der Waals surface area contributed by atoms with Crippen LogP contribution in [0.25, 0.3) is 0 Å². The van der Waals surface area contributed by atoms with Gasteiger partial charge in [0.25, 0.3) is 0 Å². The smallest absolute Gasteiger partial charge is 0.322 e. The van der Waals surface area contributed by atoms with Crippen LogP contribution in [0.15, 0.2) is 66.0 Å². The van der Waals surface area contributed by atoms with Gasteiger partial charge in [0.05, 0.1) is 30.8 Å². The largest absolute Gasteiger partial charge is 0.383 e. The van der Waals surface area contributed by atoms with E-state index in [-0.39, 0.29) is 29.5 Å². The number of carbonyl (C=O) groups is 1.